The Balaban J connectivity index is 1.32. The predicted octanol–water partition coefficient (Wildman–Crippen LogP) is 0.778. The van der Waals surface area contributed by atoms with Crippen molar-refractivity contribution in [2.24, 2.45) is 5.73 Å². The number of rotatable bonds is 6. The zero-order chi connectivity index (χ0) is 25.1. The molecule has 0 saturated carbocycles. The molecule has 1 atom stereocenters. The monoisotopic (exact) mass is 494 g/mol. The summed E-state index contributed by atoms with van der Waals surface area (Å²) in [5, 5.41) is 11.3. The molecule has 0 bridgehead atoms. The summed E-state index contributed by atoms with van der Waals surface area (Å²) in [6, 6.07) is 7.05. The molecule has 3 aliphatic rings. The number of nitrogens with one attached hydrogen (secondary N) is 1. The number of primary amides is 1. The van der Waals surface area contributed by atoms with E-state index in [9.17, 15) is 14.4 Å². The van der Waals surface area contributed by atoms with E-state index in [-0.39, 0.29) is 29.4 Å². The van der Waals surface area contributed by atoms with Crippen LogP contribution in [0.4, 0.5) is 17.5 Å². The minimum atomic E-state index is -0.748. The number of hydrogen-bond acceptors (Lipinski definition) is 9. The molecule has 190 valence electrons. The maximum Gasteiger partial charge on any atom is 0.273 e. The third kappa shape index (κ3) is 5.08. The maximum absolute atomic E-state index is 12.7. The number of morpholine rings is 1. The molecule has 1 aromatic heterocycles. The summed E-state index contributed by atoms with van der Waals surface area (Å²) in [5.74, 6) is -0.0351. The van der Waals surface area contributed by atoms with E-state index in [1.807, 2.05) is 9.80 Å². The summed E-state index contributed by atoms with van der Waals surface area (Å²) < 4.78 is 5.31. The van der Waals surface area contributed by atoms with Gasteiger partial charge in [0.2, 0.25) is 11.9 Å². The lowest BCUT2D eigenvalue weighted by Gasteiger charge is -2.37. The Morgan fingerprint density at radius 1 is 1.03 bits per heavy atom. The number of hydrogen-bond donors (Lipinski definition) is 2. The van der Waals surface area contributed by atoms with Crippen LogP contribution in [0.1, 0.15) is 46.5 Å². The third-order valence-electron chi connectivity index (χ3n) is 6.83. The van der Waals surface area contributed by atoms with Gasteiger partial charge in [0.25, 0.3) is 11.8 Å². The van der Waals surface area contributed by atoms with Crippen molar-refractivity contribution in [2.45, 2.75) is 31.7 Å². The lowest BCUT2D eigenvalue weighted by atomic mass is 10.0. The summed E-state index contributed by atoms with van der Waals surface area (Å²) in [4.78, 5) is 47.2. The predicted molar refractivity (Wildman–Crippen MR) is 131 cm³/mol. The number of carbonyl (C=O) groups excluding carboxylic acids is 3. The maximum atomic E-state index is 12.7. The minimum Gasteiger partial charge on any atom is -0.378 e. The quantitative estimate of drug-likeness (QED) is 0.594. The number of carbonyl (C=O) groups is 3. The molecule has 2 aromatic rings. The Kier molecular flexibility index (Phi) is 6.94. The summed E-state index contributed by atoms with van der Waals surface area (Å²) >= 11 is 0. The van der Waals surface area contributed by atoms with Gasteiger partial charge in [0.15, 0.2) is 11.5 Å². The highest BCUT2D eigenvalue weighted by Crippen LogP contribution is 2.25. The van der Waals surface area contributed by atoms with Crippen molar-refractivity contribution in [2.75, 3.05) is 56.2 Å². The average Bonchev–Trinajstić information content (AvgIpc) is 3.35. The topological polar surface area (TPSA) is 147 Å². The van der Waals surface area contributed by atoms with Crippen LogP contribution in [-0.2, 0) is 9.53 Å². The highest BCUT2D eigenvalue weighted by atomic mass is 16.5. The molecule has 3 amide bonds. The number of piperidine rings is 1. The number of ether oxygens (including phenoxy) is 1. The molecule has 12 nitrogen and oxygen atoms in total. The molecule has 0 radical (unpaired) electrons. The van der Waals surface area contributed by atoms with Gasteiger partial charge in [-0.1, -0.05) is 0 Å². The van der Waals surface area contributed by atoms with E-state index in [1.54, 1.807) is 29.2 Å². The molecule has 36 heavy (non-hydrogen) atoms. The Bertz CT molecular complexity index is 1140. The number of likely N-dealkylation sites (tertiary alicyclic amines) is 1. The fourth-order valence-electron chi connectivity index (χ4n) is 4.93. The van der Waals surface area contributed by atoms with Crippen LogP contribution in [0.25, 0.3) is 0 Å². The molecule has 1 unspecified atom stereocenters. The van der Waals surface area contributed by atoms with Gasteiger partial charge in [-0.25, -0.2) is 0 Å². The molecule has 5 rings (SSSR count). The fourth-order valence-corrected chi connectivity index (χ4v) is 4.93. The van der Waals surface area contributed by atoms with Gasteiger partial charge < -0.3 is 30.5 Å². The smallest absolute Gasteiger partial charge is 0.273 e. The Morgan fingerprint density at radius 3 is 2.50 bits per heavy atom. The second-order valence-corrected chi connectivity index (χ2v) is 9.21. The van der Waals surface area contributed by atoms with Gasteiger partial charge in [-0.2, -0.15) is 4.98 Å². The van der Waals surface area contributed by atoms with Gasteiger partial charge >= 0.3 is 0 Å². The van der Waals surface area contributed by atoms with Gasteiger partial charge in [-0.3, -0.25) is 14.4 Å². The number of amides is 3. The molecule has 3 N–H and O–H groups in total. The van der Waals surface area contributed by atoms with Crippen molar-refractivity contribution in [1.82, 2.24) is 25.0 Å². The summed E-state index contributed by atoms with van der Waals surface area (Å²) in [5.41, 5.74) is 6.64. The van der Waals surface area contributed by atoms with Crippen molar-refractivity contribution in [1.29, 1.82) is 0 Å². The van der Waals surface area contributed by atoms with Crippen LogP contribution in [0, 0.1) is 0 Å². The number of anilines is 3. The lowest BCUT2D eigenvalue weighted by Crippen LogP contribution is -2.49. The van der Waals surface area contributed by atoms with E-state index in [0.717, 1.165) is 32.4 Å². The zero-order valence-corrected chi connectivity index (χ0v) is 20.1. The molecule has 4 heterocycles. The molecule has 3 saturated heterocycles. The van der Waals surface area contributed by atoms with E-state index in [0.29, 0.717) is 56.5 Å². The Hall–Kier alpha value is -3.80. The summed E-state index contributed by atoms with van der Waals surface area (Å²) in [6.45, 7) is 4.34. The first kappa shape index (κ1) is 23.9. The largest absolute Gasteiger partial charge is 0.378 e. The van der Waals surface area contributed by atoms with Crippen molar-refractivity contribution >= 4 is 35.2 Å². The number of aromatic nitrogens is 3. The average molecular weight is 495 g/mol. The van der Waals surface area contributed by atoms with Gasteiger partial charge in [0.1, 0.15) is 0 Å². The van der Waals surface area contributed by atoms with Crippen molar-refractivity contribution in [3.63, 3.8) is 0 Å². The molecule has 3 fully saturated rings. The molecule has 0 spiro atoms. The summed E-state index contributed by atoms with van der Waals surface area (Å²) in [7, 11) is 0. The standard InChI is InChI=1S/C24H30N8O4/c25-21(34)20-22(26-17-7-5-16(6-8-17)23(35)30-11-13-36-14-12-30)27-24(29-28-20)31-9-1-3-18(15-31)32-10-2-4-19(32)33/h5-8,18H,1-4,9-15H2,(H2,25,34)(H,26,27,29). The number of nitrogens with two attached hydrogens (primary N) is 1. The summed E-state index contributed by atoms with van der Waals surface area (Å²) in [6.07, 6.45) is 3.34. The SMILES string of the molecule is NC(=O)c1nnc(N2CCCC(N3CCCC3=O)C2)nc1Nc1ccc(C(=O)N2CCOCC2)cc1. The fraction of sp³-hybridized carbons (Fsp3) is 0.500. The molecular formula is C24H30N8O4. The normalized spacial score (nSPS) is 20.5. The van der Waals surface area contributed by atoms with Crippen molar-refractivity contribution < 1.29 is 19.1 Å². The molecular weight excluding hydrogens is 464 g/mol. The second-order valence-electron chi connectivity index (χ2n) is 9.21. The van der Waals surface area contributed by atoms with Crippen LogP contribution in [0.2, 0.25) is 0 Å². The van der Waals surface area contributed by atoms with E-state index in [2.05, 4.69) is 20.5 Å². The van der Waals surface area contributed by atoms with E-state index in [4.69, 9.17) is 10.5 Å². The molecule has 0 aliphatic carbocycles. The highest BCUT2D eigenvalue weighted by Gasteiger charge is 2.32. The van der Waals surface area contributed by atoms with Crippen LogP contribution in [-0.4, -0.2) is 94.7 Å². The molecule has 1 aromatic carbocycles. The van der Waals surface area contributed by atoms with Gasteiger partial charge in [0, 0.05) is 56.4 Å². The van der Waals surface area contributed by atoms with Crippen LogP contribution in [0.3, 0.4) is 0 Å². The Morgan fingerprint density at radius 2 is 1.81 bits per heavy atom. The van der Waals surface area contributed by atoms with Gasteiger partial charge in [-0.05, 0) is 43.5 Å². The van der Waals surface area contributed by atoms with Crippen LogP contribution in [0.5, 0.6) is 0 Å². The zero-order valence-electron chi connectivity index (χ0n) is 20.1. The van der Waals surface area contributed by atoms with Crippen LogP contribution >= 0.6 is 0 Å². The Labute approximate surface area is 208 Å². The van der Waals surface area contributed by atoms with E-state index in [1.165, 1.54) is 0 Å². The second kappa shape index (κ2) is 10.4. The number of benzene rings is 1. The molecule has 12 heteroatoms. The molecule has 3 aliphatic heterocycles. The number of nitrogens with zero attached hydrogens (tertiary/aromatic N) is 6. The highest BCUT2D eigenvalue weighted by molar-refractivity contribution is 5.97. The lowest BCUT2D eigenvalue weighted by molar-refractivity contribution is -0.129. The van der Waals surface area contributed by atoms with Crippen molar-refractivity contribution in [3.05, 3.63) is 35.5 Å². The minimum absolute atomic E-state index is 0.0511. The first-order chi connectivity index (χ1) is 17.5. The van der Waals surface area contributed by atoms with Crippen molar-refractivity contribution in [3.8, 4) is 0 Å². The van der Waals surface area contributed by atoms with E-state index < -0.39 is 5.91 Å². The third-order valence-corrected chi connectivity index (χ3v) is 6.83. The van der Waals surface area contributed by atoms with Crippen LogP contribution in [0.15, 0.2) is 24.3 Å². The van der Waals surface area contributed by atoms with Gasteiger partial charge in [0.05, 0.1) is 13.2 Å². The van der Waals surface area contributed by atoms with Gasteiger partial charge in [-0.15, -0.1) is 10.2 Å². The first-order valence-electron chi connectivity index (χ1n) is 12.3. The van der Waals surface area contributed by atoms with E-state index >= 15 is 0 Å². The first-order valence-corrected chi connectivity index (χ1v) is 12.3. The van der Waals surface area contributed by atoms with Crippen LogP contribution < -0.4 is 16.0 Å².